The Bertz CT molecular complexity index is 796. The van der Waals surface area contributed by atoms with Gasteiger partial charge in [0.1, 0.15) is 17.2 Å². The minimum Gasteiger partial charge on any atom is -0.354 e. The number of amides is 2. The van der Waals surface area contributed by atoms with E-state index in [4.69, 9.17) is 0 Å². The SMILES string of the molecule is CC(C)CNC(=O)C1CSC(c2ccc(F)cc2)N1C(=O)c1ccccc1. The Kier molecular flexibility index (Phi) is 6.16. The lowest BCUT2D eigenvalue weighted by Gasteiger charge is -2.29. The molecule has 1 aliphatic rings. The third kappa shape index (κ3) is 4.50. The van der Waals surface area contributed by atoms with Gasteiger partial charge in [0.2, 0.25) is 5.91 Å². The Labute approximate surface area is 163 Å². The molecule has 6 heteroatoms. The first-order chi connectivity index (χ1) is 13.0. The molecule has 1 N–H and O–H groups in total. The fourth-order valence-electron chi connectivity index (χ4n) is 2.99. The van der Waals surface area contributed by atoms with E-state index in [2.05, 4.69) is 5.32 Å². The number of benzene rings is 2. The highest BCUT2D eigenvalue weighted by molar-refractivity contribution is 7.99. The number of nitrogens with zero attached hydrogens (tertiary/aromatic N) is 1. The third-order valence-corrected chi connectivity index (χ3v) is 5.72. The van der Waals surface area contributed by atoms with E-state index in [-0.39, 0.29) is 23.0 Å². The Morgan fingerprint density at radius 2 is 1.81 bits per heavy atom. The van der Waals surface area contributed by atoms with Gasteiger partial charge in [-0.15, -0.1) is 11.8 Å². The summed E-state index contributed by atoms with van der Waals surface area (Å²) in [7, 11) is 0. The van der Waals surface area contributed by atoms with Gasteiger partial charge < -0.3 is 10.2 Å². The van der Waals surface area contributed by atoms with Gasteiger partial charge in [0, 0.05) is 17.9 Å². The number of hydrogen-bond donors (Lipinski definition) is 1. The van der Waals surface area contributed by atoms with Crippen molar-refractivity contribution in [2.75, 3.05) is 12.3 Å². The number of thioether (sulfide) groups is 1. The lowest BCUT2D eigenvalue weighted by atomic mass is 10.1. The minimum atomic E-state index is -0.559. The highest BCUT2D eigenvalue weighted by atomic mass is 32.2. The predicted octanol–water partition coefficient (Wildman–Crippen LogP) is 3.85. The van der Waals surface area contributed by atoms with Crippen molar-refractivity contribution < 1.29 is 14.0 Å². The minimum absolute atomic E-state index is 0.148. The number of nitrogens with one attached hydrogen (secondary N) is 1. The van der Waals surface area contributed by atoms with Crippen LogP contribution in [0.5, 0.6) is 0 Å². The molecule has 0 aromatic heterocycles. The molecule has 0 aliphatic carbocycles. The standard InChI is InChI=1S/C21H23FN2O2S/c1-14(2)12-23-19(25)18-13-27-21(16-8-10-17(22)11-9-16)24(18)20(26)15-6-4-3-5-7-15/h3-11,14,18,21H,12-13H2,1-2H3,(H,23,25). The average Bonchev–Trinajstić information content (AvgIpc) is 3.12. The van der Waals surface area contributed by atoms with Crippen molar-refractivity contribution in [3.63, 3.8) is 0 Å². The molecular formula is C21H23FN2O2S. The summed E-state index contributed by atoms with van der Waals surface area (Å²) in [6.07, 6.45) is 0. The zero-order valence-corrected chi connectivity index (χ0v) is 16.2. The Morgan fingerprint density at radius 1 is 1.15 bits per heavy atom. The van der Waals surface area contributed by atoms with Gasteiger partial charge in [-0.2, -0.15) is 0 Å². The van der Waals surface area contributed by atoms with Crippen LogP contribution < -0.4 is 5.32 Å². The van der Waals surface area contributed by atoms with Crippen molar-refractivity contribution >= 4 is 23.6 Å². The van der Waals surface area contributed by atoms with Crippen LogP contribution in [0.4, 0.5) is 4.39 Å². The second-order valence-electron chi connectivity index (χ2n) is 6.97. The Morgan fingerprint density at radius 3 is 2.44 bits per heavy atom. The molecule has 2 atom stereocenters. The van der Waals surface area contributed by atoms with Crippen molar-refractivity contribution in [3.8, 4) is 0 Å². The number of hydrogen-bond acceptors (Lipinski definition) is 3. The summed E-state index contributed by atoms with van der Waals surface area (Å²) in [5.74, 6) is 0.165. The van der Waals surface area contributed by atoms with Gasteiger partial charge in [-0.3, -0.25) is 9.59 Å². The molecule has 3 rings (SSSR count). The fourth-order valence-corrected chi connectivity index (χ4v) is 4.42. The molecule has 0 spiro atoms. The van der Waals surface area contributed by atoms with Gasteiger partial charge in [-0.25, -0.2) is 4.39 Å². The largest absolute Gasteiger partial charge is 0.354 e. The highest BCUT2D eigenvalue weighted by Crippen LogP contribution is 2.42. The number of carbonyl (C=O) groups excluding carboxylic acids is 2. The number of carbonyl (C=O) groups is 2. The summed E-state index contributed by atoms with van der Waals surface area (Å²) in [6.45, 7) is 4.62. The van der Waals surface area contributed by atoms with Crippen LogP contribution in [-0.4, -0.2) is 35.1 Å². The van der Waals surface area contributed by atoms with Gasteiger partial charge in [-0.1, -0.05) is 44.2 Å². The van der Waals surface area contributed by atoms with Crippen molar-refractivity contribution in [1.82, 2.24) is 10.2 Å². The first kappa shape index (κ1) is 19.4. The zero-order valence-electron chi connectivity index (χ0n) is 15.4. The van der Waals surface area contributed by atoms with E-state index >= 15 is 0 Å². The van der Waals surface area contributed by atoms with Crippen molar-refractivity contribution in [2.24, 2.45) is 5.92 Å². The molecule has 4 nitrogen and oxygen atoms in total. The molecule has 2 aromatic rings. The van der Waals surface area contributed by atoms with Crippen molar-refractivity contribution in [2.45, 2.75) is 25.3 Å². The molecule has 27 heavy (non-hydrogen) atoms. The molecule has 1 fully saturated rings. The van der Waals surface area contributed by atoms with Crippen LogP contribution in [0.2, 0.25) is 0 Å². The molecule has 0 saturated carbocycles. The van der Waals surface area contributed by atoms with Crippen LogP contribution in [0.1, 0.15) is 35.1 Å². The second kappa shape index (κ2) is 8.57. The quantitative estimate of drug-likeness (QED) is 0.849. The van der Waals surface area contributed by atoms with Crippen LogP contribution in [0.25, 0.3) is 0 Å². The molecule has 2 amide bonds. The normalized spacial score (nSPS) is 19.3. The van der Waals surface area contributed by atoms with Crippen LogP contribution in [-0.2, 0) is 4.79 Å². The smallest absolute Gasteiger partial charge is 0.255 e. The lowest BCUT2D eigenvalue weighted by Crippen LogP contribution is -2.48. The first-order valence-electron chi connectivity index (χ1n) is 9.00. The van der Waals surface area contributed by atoms with Crippen LogP contribution in [0.3, 0.4) is 0 Å². The van der Waals surface area contributed by atoms with Gasteiger partial charge in [-0.05, 0) is 35.7 Å². The molecule has 1 saturated heterocycles. The van der Waals surface area contributed by atoms with E-state index in [1.165, 1.54) is 23.9 Å². The summed E-state index contributed by atoms with van der Waals surface area (Å²) in [6, 6.07) is 14.5. The van der Waals surface area contributed by atoms with Gasteiger partial charge >= 0.3 is 0 Å². The van der Waals surface area contributed by atoms with Crippen molar-refractivity contribution in [3.05, 3.63) is 71.5 Å². The fraction of sp³-hybridized carbons (Fsp3) is 0.333. The van der Waals surface area contributed by atoms with E-state index in [1.807, 2.05) is 19.9 Å². The Balaban J connectivity index is 1.90. The molecule has 142 valence electrons. The van der Waals surface area contributed by atoms with Crippen LogP contribution in [0, 0.1) is 11.7 Å². The molecule has 0 radical (unpaired) electrons. The topological polar surface area (TPSA) is 49.4 Å². The van der Waals surface area contributed by atoms with Gasteiger partial charge in [0.05, 0.1) is 0 Å². The number of halogens is 1. The maximum atomic E-state index is 13.3. The van der Waals surface area contributed by atoms with E-state index < -0.39 is 6.04 Å². The predicted molar refractivity (Wildman–Crippen MR) is 106 cm³/mol. The zero-order chi connectivity index (χ0) is 19.4. The monoisotopic (exact) mass is 386 g/mol. The Hall–Kier alpha value is -2.34. The average molecular weight is 386 g/mol. The van der Waals surface area contributed by atoms with Crippen LogP contribution >= 0.6 is 11.8 Å². The second-order valence-corrected chi connectivity index (χ2v) is 8.08. The van der Waals surface area contributed by atoms with E-state index in [0.29, 0.717) is 23.8 Å². The lowest BCUT2D eigenvalue weighted by molar-refractivity contribution is -0.125. The van der Waals surface area contributed by atoms with Crippen LogP contribution in [0.15, 0.2) is 54.6 Å². The summed E-state index contributed by atoms with van der Waals surface area (Å²) < 4.78 is 13.3. The van der Waals surface area contributed by atoms with Crippen molar-refractivity contribution in [1.29, 1.82) is 0 Å². The van der Waals surface area contributed by atoms with Gasteiger partial charge in [0.15, 0.2) is 0 Å². The molecule has 1 aliphatic heterocycles. The molecule has 2 unspecified atom stereocenters. The van der Waals surface area contributed by atoms with E-state index in [9.17, 15) is 14.0 Å². The molecule has 2 aromatic carbocycles. The first-order valence-corrected chi connectivity index (χ1v) is 10.0. The highest BCUT2D eigenvalue weighted by Gasteiger charge is 2.42. The maximum Gasteiger partial charge on any atom is 0.255 e. The summed E-state index contributed by atoms with van der Waals surface area (Å²) in [4.78, 5) is 27.6. The third-order valence-electron chi connectivity index (χ3n) is 4.40. The van der Waals surface area contributed by atoms with E-state index in [1.54, 1.807) is 41.3 Å². The molecular weight excluding hydrogens is 363 g/mol. The molecule has 1 heterocycles. The van der Waals surface area contributed by atoms with E-state index in [0.717, 1.165) is 5.56 Å². The number of rotatable bonds is 5. The summed E-state index contributed by atoms with van der Waals surface area (Å²) in [5, 5.41) is 2.61. The summed E-state index contributed by atoms with van der Waals surface area (Å²) >= 11 is 1.52. The molecule has 0 bridgehead atoms. The summed E-state index contributed by atoms with van der Waals surface area (Å²) in [5.41, 5.74) is 1.35. The maximum absolute atomic E-state index is 13.3. The van der Waals surface area contributed by atoms with Gasteiger partial charge in [0.25, 0.3) is 5.91 Å².